The largest absolute Gasteiger partial charge is 0.393 e. The van der Waals surface area contributed by atoms with Gasteiger partial charge in [0.25, 0.3) is 0 Å². The van der Waals surface area contributed by atoms with E-state index < -0.39 is 41.6 Å². The Morgan fingerprint density at radius 1 is 0.773 bits per heavy atom. The van der Waals surface area contributed by atoms with E-state index in [1.54, 1.807) is 12.1 Å². The monoisotopic (exact) mass is 300 g/mol. The highest BCUT2D eigenvalue weighted by Crippen LogP contribution is 2.50. The third-order valence-corrected chi connectivity index (χ3v) is 4.79. The van der Waals surface area contributed by atoms with E-state index in [-0.39, 0.29) is 12.3 Å². The zero-order valence-corrected chi connectivity index (χ0v) is 11.5. The van der Waals surface area contributed by atoms with Crippen LogP contribution >= 0.6 is 0 Å². The van der Waals surface area contributed by atoms with Gasteiger partial charge in [-0.15, -0.1) is 0 Å². The lowest BCUT2D eigenvalue weighted by Crippen LogP contribution is -2.31. The lowest BCUT2D eigenvalue weighted by atomic mass is 9.67. The number of cyclic esters (lactones) is 4. The van der Waals surface area contributed by atoms with E-state index in [1.165, 1.54) is 0 Å². The first-order chi connectivity index (χ1) is 10.6. The molecule has 3 aliphatic rings. The van der Waals surface area contributed by atoms with Crippen LogP contribution in [0.4, 0.5) is 0 Å². The number of rotatable bonds is 1. The van der Waals surface area contributed by atoms with Crippen molar-refractivity contribution in [3.63, 3.8) is 0 Å². The molecule has 4 atom stereocenters. The van der Waals surface area contributed by atoms with Crippen LogP contribution < -0.4 is 0 Å². The third-order valence-electron chi connectivity index (χ3n) is 4.79. The molecule has 0 saturated carbocycles. The van der Waals surface area contributed by atoms with Gasteiger partial charge < -0.3 is 9.47 Å². The van der Waals surface area contributed by atoms with E-state index in [0.29, 0.717) is 12.0 Å². The van der Waals surface area contributed by atoms with E-state index in [9.17, 15) is 19.2 Å². The van der Waals surface area contributed by atoms with Crippen molar-refractivity contribution in [3.8, 4) is 0 Å². The Hall–Kier alpha value is -2.50. The Bertz CT molecular complexity index is 721. The molecule has 2 aliphatic heterocycles. The van der Waals surface area contributed by atoms with Crippen molar-refractivity contribution < 1.29 is 28.7 Å². The van der Waals surface area contributed by atoms with Gasteiger partial charge in [0.1, 0.15) is 0 Å². The molecule has 22 heavy (non-hydrogen) atoms. The van der Waals surface area contributed by atoms with Crippen molar-refractivity contribution in [1.29, 1.82) is 0 Å². The van der Waals surface area contributed by atoms with Gasteiger partial charge in [0.2, 0.25) is 0 Å². The fourth-order valence-electron chi connectivity index (χ4n) is 3.83. The molecule has 2 fully saturated rings. The number of ether oxygens (including phenoxy) is 2. The molecular formula is C16H12O6. The van der Waals surface area contributed by atoms with E-state index in [0.717, 1.165) is 5.56 Å². The molecule has 6 heteroatoms. The molecule has 2 heterocycles. The molecule has 6 nitrogen and oxygen atoms in total. The predicted octanol–water partition coefficient (Wildman–Crippen LogP) is 1.05. The van der Waals surface area contributed by atoms with Crippen LogP contribution in [-0.2, 0) is 28.7 Å². The van der Waals surface area contributed by atoms with Gasteiger partial charge in [-0.1, -0.05) is 24.3 Å². The molecule has 0 amide bonds. The molecule has 0 bridgehead atoms. The second-order valence-electron chi connectivity index (χ2n) is 5.90. The van der Waals surface area contributed by atoms with E-state index >= 15 is 0 Å². The second kappa shape index (κ2) is 4.50. The zero-order chi connectivity index (χ0) is 15.4. The predicted molar refractivity (Wildman–Crippen MR) is 70.3 cm³/mol. The summed E-state index contributed by atoms with van der Waals surface area (Å²) in [6, 6.07) is 7.21. The number of carbonyl (C=O) groups is 4. The Balaban J connectivity index is 1.81. The van der Waals surface area contributed by atoms with E-state index in [1.807, 2.05) is 12.1 Å². The highest BCUT2D eigenvalue weighted by atomic mass is 16.6. The normalized spacial score (nSPS) is 33.3. The van der Waals surface area contributed by atoms with Crippen molar-refractivity contribution in [2.45, 2.75) is 24.7 Å². The second-order valence-corrected chi connectivity index (χ2v) is 5.90. The molecule has 112 valence electrons. The summed E-state index contributed by atoms with van der Waals surface area (Å²) in [5.41, 5.74) is 1.54. The zero-order valence-electron chi connectivity index (χ0n) is 11.5. The van der Waals surface area contributed by atoms with Gasteiger partial charge in [0.15, 0.2) is 0 Å². The topological polar surface area (TPSA) is 86.7 Å². The average molecular weight is 300 g/mol. The summed E-state index contributed by atoms with van der Waals surface area (Å²) in [5.74, 6) is -4.28. The third kappa shape index (κ3) is 1.73. The number of carbonyl (C=O) groups excluding carboxylic acids is 4. The van der Waals surface area contributed by atoms with Crippen LogP contribution in [0.5, 0.6) is 0 Å². The molecule has 0 aromatic heterocycles. The van der Waals surface area contributed by atoms with Crippen LogP contribution in [-0.4, -0.2) is 23.9 Å². The summed E-state index contributed by atoms with van der Waals surface area (Å²) in [6.07, 6.45) is 0.331. The number of hydrogen-bond acceptors (Lipinski definition) is 6. The van der Waals surface area contributed by atoms with Gasteiger partial charge >= 0.3 is 23.9 Å². The quantitative estimate of drug-likeness (QED) is 0.569. The average Bonchev–Trinajstić information content (AvgIpc) is 2.97. The number of benzene rings is 1. The molecular weight excluding hydrogens is 288 g/mol. The number of hydrogen-bond donors (Lipinski definition) is 0. The SMILES string of the molecule is O=C1CC([C@H]2C[C@@H]3C(=O)OC(=O)[C@@H]3c3ccccc32)C(=O)O1. The molecule has 1 aromatic rings. The van der Waals surface area contributed by atoms with Crippen LogP contribution in [0.25, 0.3) is 0 Å². The summed E-state index contributed by atoms with van der Waals surface area (Å²) < 4.78 is 9.40. The van der Waals surface area contributed by atoms with Crippen LogP contribution in [0.1, 0.15) is 35.8 Å². The maximum atomic E-state index is 11.9. The summed E-state index contributed by atoms with van der Waals surface area (Å²) in [5, 5.41) is 0. The van der Waals surface area contributed by atoms with Gasteiger partial charge in [0, 0.05) is 0 Å². The van der Waals surface area contributed by atoms with Gasteiger partial charge in [-0.05, 0) is 23.5 Å². The summed E-state index contributed by atoms with van der Waals surface area (Å²) in [4.78, 5) is 47.1. The van der Waals surface area contributed by atoms with E-state index in [4.69, 9.17) is 4.74 Å². The first kappa shape index (κ1) is 13.2. The van der Waals surface area contributed by atoms with Crippen LogP contribution in [0.3, 0.4) is 0 Å². The lowest BCUT2D eigenvalue weighted by Gasteiger charge is -2.32. The molecule has 1 aromatic carbocycles. The van der Waals surface area contributed by atoms with E-state index in [2.05, 4.69) is 4.74 Å². The maximum Gasteiger partial charge on any atom is 0.321 e. The summed E-state index contributed by atoms with van der Waals surface area (Å²) >= 11 is 0. The molecule has 0 N–H and O–H groups in total. The van der Waals surface area contributed by atoms with Crippen molar-refractivity contribution in [3.05, 3.63) is 35.4 Å². The Morgan fingerprint density at radius 3 is 2.14 bits per heavy atom. The van der Waals surface area contributed by atoms with Gasteiger partial charge in [-0.2, -0.15) is 0 Å². The minimum absolute atomic E-state index is 0.0121. The minimum atomic E-state index is -0.604. The Morgan fingerprint density at radius 2 is 1.45 bits per heavy atom. The molecule has 0 spiro atoms. The van der Waals surface area contributed by atoms with Gasteiger partial charge in [0.05, 0.1) is 24.2 Å². The molecule has 1 unspecified atom stereocenters. The van der Waals surface area contributed by atoms with Gasteiger partial charge in [-0.25, -0.2) is 0 Å². The molecule has 0 radical (unpaired) electrons. The highest BCUT2D eigenvalue weighted by Gasteiger charge is 2.53. The number of esters is 4. The fraction of sp³-hybridized carbons (Fsp3) is 0.375. The molecule has 1 aliphatic carbocycles. The lowest BCUT2D eigenvalue weighted by molar-refractivity contribution is -0.155. The Labute approximate surface area is 125 Å². The van der Waals surface area contributed by atoms with Crippen molar-refractivity contribution in [1.82, 2.24) is 0 Å². The highest BCUT2D eigenvalue weighted by molar-refractivity contribution is 6.01. The summed E-state index contributed by atoms with van der Waals surface area (Å²) in [7, 11) is 0. The minimum Gasteiger partial charge on any atom is -0.393 e. The Kier molecular flexibility index (Phi) is 2.69. The number of fused-ring (bicyclic) bond motifs is 3. The maximum absolute atomic E-state index is 11.9. The standard InChI is InChI=1S/C16H12O6/c17-12-6-10(14(18)21-12)9-5-11-13(16(20)22-15(11)19)8-4-2-1-3-7(8)9/h1-4,9-11,13H,5-6H2/t9-,10?,11-,13+/m0/s1. The summed E-state index contributed by atoms with van der Waals surface area (Å²) in [6.45, 7) is 0. The van der Waals surface area contributed by atoms with Crippen molar-refractivity contribution in [2.24, 2.45) is 11.8 Å². The van der Waals surface area contributed by atoms with Crippen LogP contribution in [0.15, 0.2) is 24.3 Å². The first-order valence-electron chi connectivity index (χ1n) is 7.15. The molecule has 2 saturated heterocycles. The first-order valence-corrected chi connectivity index (χ1v) is 7.15. The smallest absolute Gasteiger partial charge is 0.321 e. The molecule has 4 rings (SSSR count). The van der Waals surface area contributed by atoms with Crippen molar-refractivity contribution >= 4 is 23.9 Å². The fourth-order valence-corrected chi connectivity index (χ4v) is 3.83. The van der Waals surface area contributed by atoms with Gasteiger partial charge in [-0.3, -0.25) is 19.2 Å². The van der Waals surface area contributed by atoms with Crippen LogP contribution in [0, 0.1) is 11.8 Å². The van der Waals surface area contributed by atoms with Crippen molar-refractivity contribution in [2.75, 3.05) is 0 Å². The van der Waals surface area contributed by atoms with Crippen LogP contribution in [0.2, 0.25) is 0 Å².